The highest BCUT2D eigenvalue weighted by molar-refractivity contribution is 7.92. The van der Waals surface area contributed by atoms with Gasteiger partial charge in [-0.3, -0.25) is 9.59 Å². The smallest absolute Gasteiger partial charge is 0.253 e. The van der Waals surface area contributed by atoms with Gasteiger partial charge in [0.25, 0.3) is 11.8 Å². The molecule has 4 rings (SSSR count). The number of carbonyl (C=O) groups is 2. The normalized spacial score (nSPS) is 17.9. The maximum atomic E-state index is 14.1. The van der Waals surface area contributed by atoms with E-state index in [1.165, 1.54) is 24.6 Å². The summed E-state index contributed by atoms with van der Waals surface area (Å²) in [4.78, 5) is 33.3. The lowest BCUT2D eigenvalue weighted by Gasteiger charge is -2.29. The van der Waals surface area contributed by atoms with E-state index in [2.05, 4.69) is 15.6 Å². The number of benzene rings is 2. The molecule has 10 nitrogen and oxygen atoms in total. The van der Waals surface area contributed by atoms with Crippen molar-refractivity contribution in [3.05, 3.63) is 77.2 Å². The number of aliphatic hydroxyl groups is 1. The molecule has 1 saturated heterocycles. The van der Waals surface area contributed by atoms with E-state index in [0.29, 0.717) is 25.1 Å². The van der Waals surface area contributed by atoms with Crippen LogP contribution >= 0.6 is 0 Å². The minimum absolute atomic E-state index is 0.0146. The molecule has 2 heterocycles. The zero-order chi connectivity index (χ0) is 33.4. The topological polar surface area (TPSA) is 142 Å². The zero-order valence-corrected chi connectivity index (χ0v) is 27.2. The van der Waals surface area contributed by atoms with E-state index in [4.69, 9.17) is 4.42 Å². The van der Waals surface area contributed by atoms with E-state index >= 15 is 0 Å². The van der Waals surface area contributed by atoms with E-state index in [0.717, 1.165) is 31.0 Å². The SMILES string of the molecule is CCCN(CCC)C(=O)c1cc(C(=O)N[C@@H](Cc2cc(F)cc(F)c2)[C@H](O)[C@H]2C[C@@H](S(=O)(=O)CCC)CN2)cc(-c2ncco2)c1. The van der Waals surface area contributed by atoms with Gasteiger partial charge in [0, 0.05) is 48.4 Å². The summed E-state index contributed by atoms with van der Waals surface area (Å²) >= 11 is 0. The molecule has 250 valence electrons. The minimum Gasteiger partial charge on any atom is -0.445 e. The Kier molecular flexibility index (Phi) is 12.0. The molecule has 3 N–H and O–H groups in total. The van der Waals surface area contributed by atoms with Crippen LogP contribution in [0.4, 0.5) is 8.78 Å². The number of rotatable bonds is 15. The minimum atomic E-state index is -3.40. The molecule has 0 saturated carbocycles. The van der Waals surface area contributed by atoms with Gasteiger partial charge in [-0.2, -0.15) is 0 Å². The van der Waals surface area contributed by atoms with Gasteiger partial charge < -0.3 is 25.1 Å². The summed E-state index contributed by atoms with van der Waals surface area (Å²) in [5.41, 5.74) is 0.903. The number of carbonyl (C=O) groups excluding carboxylic acids is 2. The molecule has 0 unspecified atom stereocenters. The number of halogens is 2. The van der Waals surface area contributed by atoms with Crippen molar-refractivity contribution in [2.45, 2.75) is 76.3 Å². The molecule has 1 aliphatic heterocycles. The molecule has 2 amide bonds. The van der Waals surface area contributed by atoms with Crippen LogP contribution in [0.1, 0.15) is 72.7 Å². The van der Waals surface area contributed by atoms with Crippen LogP contribution in [0.2, 0.25) is 0 Å². The molecule has 0 spiro atoms. The quantitative estimate of drug-likeness (QED) is 0.221. The number of aromatic nitrogens is 1. The van der Waals surface area contributed by atoms with Gasteiger partial charge >= 0.3 is 0 Å². The van der Waals surface area contributed by atoms with Crippen LogP contribution < -0.4 is 10.6 Å². The van der Waals surface area contributed by atoms with Gasteiger partial charge in [0.2, 0.25) is 5.89 Å². The summed E-state index contributed by atoms with van der Waals surface area (Å²) in [5.74, 6) is -2.35. The molecule has 2 aromatic carbocycles. The lowest BCUT2D eigenvalue weighted by atomic mass is 9.94. The molecule has 46 heavy (non-hydrogen) atoms. The first-order valence-electron chi connectivity index (χ1n) is 15.7. The fourth-order valence-corrected chi connectivity index (χ4v) is 7.65. The Bertz CT molecular complexity index is 1580. The van der Waals surface area contributed by atoms with Gasteiger partial charge in [-0.05, 0) is 68.0 Å². The largest absolute Gasteiger partial charge is 0.445 e. The fraction of sp³-hybridized carbons (Fsp3) is 0.485. The van der Waals surface area contributed by atoms with Gasteiger partial charge in [-0.25, -0.2) is 22.2 Å². The summed E-state index contributed by atoms with van der Waals surface area (Å²) in [6, 6.07) is 5.71. The molecule has 1 fully saturated rings. The molecular weight excluding hydrogens is 618 g/mol. The Morgan fingerprint density at radius 2 is 1.72 bits per heavy atom. The molecule has 3 aromatic rings. The number of aliphatic hydroxyl groups excluding tert-OH is 1. The third-order valence-electron chi connectivity index (χ3n) is 8.04. The third-order valence-corrected chi connectivity index (χ3v) is 10.4. The van der Waals surface area contributed by atoms with Crippen LogP contribution in [0.25, 0.3) is 11.5 Å². The van der Waals surface area contributed by atoms with Gasteiger partial charge in [0.05, 0.1) is 29.3 Å². The Morgan fingerprint density at radius 1 is 1.04 bits per heavy atom. The Labute approximate surface area is 268 Å². The van der Waals surface area contributed by atoms with Crippen molar-refractivity contribution < 1.29 is 36.3 Å². The Balaban J connectivity index is 1.67. The molecule has 0 aliphatic carbocycles. The molecule has 1 aliphatic rings. The summed E-state index contributed by atoms with van der Waals surface area (Å²) < 4.78 is 59.1. The first-order chi connectivity index (χ1) is 21.9. The van der Waals surface area contributed by atoms with Crippen LogP contribution in [0.3, 0.4) is 0 Å². The third kappa shape index (κ3) is 8.77. The van der Waals surface area contributed by atoms with Crippen molar-refractivity contribution in [2.75, 3.05) is 25.4 Å². The van der Waals surface area contributed by atoms with E-state index in [1.807, 2.05) is 13.8 Å². The molecular formula is C33H42F2N4O6S. The number of hydrogen-bond acceptors (Lipinski definition) is 8. The number of nitrogens with zero attached hydrogens (tertiary/aromatic N) is 2. The monoisotopic (exact) mass is 660 g/mol. The molecule has 4 atom stereocenters. The number of hydrogen-bond donors (Lipinski definition) is 3. The highest BCUT2D eigenvalue weighted by atomic mass is 32.2. The summed E-state index contributed by atoms with van der Waals surface area (Å²) in [6.45, 7) is 6.90. The van der Waals surface area contributed by atoms with Crippen molar-refractivity contribution in [3.8, 4) is 11.5 Å². The average Bonchev–Trinajstić information content (AvgIpc) is 3.73. The van der Waals surface area contributed by atoms with Crippen molar-refractivity contribution in [2.24, 2.45) is 0 Å². The number of oxazole rings is 1. The summed E-state index contributed by atoms with van der Waals surface area (Å²) in [6.07, 6.45) is 3.39. The van der Waals surface area contributed by atoms with Gasteiger partial charge in [0.1, 0.15) is 17.9 Å². The second-order valence-corrected chi connectivity index (χ2v) is 14.1. The van der Waals surface area contributed by atoms with Crippen LogP contribution in [0.5, 0.6) is 0 Å². The highest BCUT2D eigenvalue weighted by Gasteiger charge is 2.39. The van der Waals surface area contributed by atoms with Crippen molar-refractivity contribution >= 4 is 21.7 Å². The van der Waals surface area contributed by atoms with E-state index in [1.54, 1.807) is 17.9 Å². The van der Waals surface area contributed by atoms with E-state index < -0.39 is 50.8 Å². The fourth-order valence-electron chi connectivity index (χ4n) is 5.90. The predicted molar refractivity (Wildman–Crippen MR) is 170 cm³/mol. The maximum Gasteiger partial charge on any atom is 0.253 e. The molecule has 1 aromatic heterocycles. The lowest BCUT2D eigenvalue weighted by Crippen LogP contribution is -2.52. The summed E-state index contributed by atoms with van der Waals surface area (Å²) in [5, 5.41) is 16.7. The number of nitrogens with one attached hydrogen (secondary N) is 2. The Hall–Kier alpha value is -3.68. The van der Waals surface area contributed by atoms with Crippen molar-refractivity contribution in [1.82, 2.24) is 20.5 Å². The van der Waals surface area contributed by atoms with Crippen LogP contribution in [-0.4, -0.2) is 84.0 Å². The second kappa shape index (κ2) is 15.7. The van der Waals surface area contributed by atoms with Gasteiger partial charge in [-0.1, -0.05) is 20.8 Å². The molecule has 13 heteroatoms. The average molecular weight is 661 g/mol. The van der Waals surface area contributed by atoms with Crippen LogP contribution in [-0.2, 0) is 16.3 Å². The van der Waals surface area contributed by atoms with Crippen molar-refractivity contribution in [3.63, 3.8) is 0 Å². The number of amides is 2. The first-order valence-corrected chi connectivity index (χ1v) is 17.4. The standard InChI is InChI=1S/C33H42F2N4O6S/c1-4-8-39(9-5-2)33(42)24-16-22(15-23(17-24)32-36-7-10-45-32)31(41)38-29(14-21-12-25(34)18-26(35)13-21)30(40)28-19-27(20-37-28)46(43,44)11-6-3/h7,10,12-13,15-18,27-30,37,40H,4-6,8-9,11,14,19-20H2,1-3H3,(H,38,41)/t27-,28-,29+,30-/m1/s1. The molecule has 0 bridgehead atoms. The maximum absolute atomic E-state index is 14.1. The van der Waals surface area contributed by atoms with Gasteiger partial charge in [-0.15, -0.1) is 0 Å². The van der Waals surface area contributed by atoms with Crippen LogP contribution in [0, 0.1) is 11.6 Å². The summed E-state index contributed by atoms with van der Waals surface area (Å²) in [7, 11) is -3.40. The second-order valence-electron chi connectivity index (χ2n) is 11.7. The van der Waals surface area contributed by atoms with Crippen LogP contribution in [0.15, 0.2) is 53.3 Å². The number of sulfone groups is 1. The van der Waals surface area contributed by atoms with Gasteiger partial charge in [0.15, 0.2) is 9.84 Å². The Morgan fingerprint density at radius 3 is 2.33 bits per heavy atom. The lowest BCUT2D eigenvalue weighted by molar-refractivity contribution is 0.0737. The van der Waals surface area contributed by atoms with Crippen molar-refractivity contribution in [1.29, 1.82) is 0 Å². The van der Waals surface area contributed by atoms with E-state index in [9.17, 15) is 31.9 Å². The zero-order valence-electron chi connectivity index (χ0n) is 26.3. The molecule has 0 radical (unpaired) electrons. The first kappa shape index (κ1) is 35.2. The predicted octanol–water partition coefficient (Wildman–Crippen LogP) is 4.14. The van der Waals surface area contributed by atoms with E-state index in [-0.39, 0.29) is 53.6 Å². The highest BCUT2D eigenvalue weighted by Crippen LogP contribution is 2.25.